The van der Waals surface area contributed by atoms with Gasteiger partial charge in [-0.05, 0) is 31.9 Å². The maximum atomic E-state index is 14.1. The molecule has 1 saturated heterocycles. The molecule has 0 saturated carbocycles. The van der Waals surface area contributed by atoms with Crippen molar-refractivity contribution in [2.24, 2.45) is 12.0 Å². The zero-order chi connectivity index (χ0) is 21.5. The molecule has 1 atom stereocenters. The van der Waals surface area contributed by atoms with Gasteiger partial charge in [-0.1, -0.05) is 6.07 Å². The summed E-state index contributed by atoms with van der Waals surface area (Å²) >= 11 is 0. The molecule has 172 valence electrons. The molecule has 0 amide bonds. The Hall–Kier alpha value is -2.02. The fourth-order valence-electron chi connectivity index (χ4n) is 3.38. The van der Waals surface area contributed by atoms with Gasteiger partial charge in [-0.25, -0.2) is 13.8 Å². The lowest BCUT2D eigenvalue weighted by Crippen LogP contribution is -2.45. The fraction of sp³-hybridized carbons (Fsp3) is 0.550. The van der Waals surface area contributed by atoms with Crippen LogP contribution < -0.4 is 15.5 Å². The van der Waals surface area contributed by atoms with Gasteiger partial charge >= 0.3 is 0 Å². The Morgan fingerprint density at radius 1 is 1.29 bits per heavy atom. The highest BCUT2D eigenvalue weighted by Crippen LogP contribution is 2.26. The first kappa shape index (κ1) is 25.2. The molecule has 2 heterocycles. The molecule has 0 radical (unpaired) electrons. The van der Waals surface area contributed by atoms with Crippen molar-refractivity contribution >= 4 is 35.6 Å². The highest BCUT2D eigenvalue weighted by atomic mass is 127. The van der Waals surface area contributed by atoms with E-state index in [9.17, 15) is 8.78 Å². The molecular formula is C20H30F2IN7O. The molecular weight excluding hydrogens is 519 g/mol. The predicted molar refractivity (Wildman–Crippen MR) is 127 cm³/mol. The van der Waals surface area contributed by atoms with E-state index in [1.54, 1.807) is 12.0 Å². The van der Waals surface area contributed by atoms with Gasteiger partial charge in [0.1, 0.15) is 29.7 Å². The van der Waals surface area contributed by atoms with E-state index in [0.29, 0.717) is 38.7 Å². The number of anilines is 1. The number of benzene rings is 1. The summed E-state index contributed by atoms with van der Waals surface area (Å²) < 4.78 is 35.2. The summed E-state index contributed by atoms with van der Waals surface area (Å²) in [5, 5.41) is 14.9. The minimum absolute atomic E-state index is 0. The first-order chi connectivity index (χ1) is 14.5. The van der Waals surface area contributed by atoms with Gasteiger partial charge in [-0.2, -0.15) is 0 Å². The Morgan fingerprint density at radius 2 is 2.03 bits per heavy atom. The third-order valence-corrected chi connectivity index (χ3v) is 5.16. The van der Waals surface area contributed by atoms with Crippen LogP contribution in [-0.4, -0.2) is 60.1 Å². The van der Waals surface area contributed by atoms with Gasteiger partial charge in [-0.15, -0.1) is 34.2 Å². The van der Waals surface area contributed by atoms with Crippen molar-refractivity contribution in [1.29, 1.82) is 0 Å². The van der Waals surface area contributed by atoms with Crippen molar-refractivity contribution in [3.05, 3.63) is 41.5 Å². The van der Waals surface area contributed by atoms with Crippen LogP contribution in [0.4, 0.5) is 14.5 Å². The van der Waals surface area contributed by atoms with E-state index in [1.165, 1.54) is 18.2 Å². The maximum absolute atomic E-state index is 14.1. The Labute approximate surface area is 198 Å². The van der Waals surface area contributed by atoms with Crippen molar-refractivity contribution in [3.63, 3.8) is 0 Å². The van der Waals surface area contributed by atoms with Crippen LogP contribution in [0, 0.1) is 18.6 Å². The monoisotopic (exact) mass is 549 g/mol. The zero-order valence-electron chi connectivity index (χ0n) is 18.1. The average molecular weight is 549 g/mol. The van der Waals surface area contributed by atoms with Gasteiger partial charge in [-0.3, -0.25) is 0 Å². The van der Waals surface area contributed by atoms with E-state index in [-0.39, 0.29) is 35.7 Å². The van der Waals surface area contributed by atoms with Crippen LogP contribution in [0.15, 0.2) is 23.2 Å². The Balaban J connectivity index is 0.00000341. The van der Waals surface area contributed by atoms with Gasteiger partial charge in [0.2, 0.25) is 0 Å². The topological polar surface area (TPSA) is 79.6 Å². The molecule has 1 aliphatic heterocycles. The Bertz CT molecular complexity index is 857. The minimum atomic E-state index is -0.542. The summed E-state index contributed by atoms with van der Waals surface area (Å²) in [4.78, 5) is 6.36. The van der Waals surface area contributed by atoms with Crippen LogP contribution in [0.5, 0.6) is 0 Å². The number of nitrogens with zero attached hydrogens (tertiary/aromatic N) is 5. The van der Waals surface area contributed by atoms with E-state index >= 15 is 0 Å². The summed E-state index contributed by atoms with van der Waals surface area (Å²) in [6.07, 6.45) is 1.58. The van der Waals surface area contributed by atoms with E-state index < -0.39 is 11.6 Å². The number of ether oxygens (including phenoxy) is 1. The lowest BCUT2D eigenvalue weighted by Gasteiger charge is -2.21. The third-order valence-electron chi connectivity index (χ3n) is 5.16. The number of guanidine groups is 1. The highest BCUT2D eigenvalue weighted by Gasteiger charge is 2.27. The first-order valence-corrected chi connectivity index (χ1v) is 10.1. The van der Waals surface area contributed by atoms with Crippen LogP contribution in [0.1, 0.15) is 24.5 Å². The molecule has 1 fully saturated rings. The molecule has 8 nitrogen and oxygen atoms in total. The average Bonchev–Trinajstić information content (AvgIpc) is 3.30. The Morgan fingerprint density at radius 3 is 2.68 bits per heavy atom. The maximum Gasteiger partial charge on any atom is 0.191 e. The summed E-state index contributed by atoms with van der Waals surface area (Å²) in [6, 6.07) is 3.96. The molecule has 0 aliphatic carbocycles. The van der Waals surface area contributed by atoms with Gasteiger partial charge in [0, 0.05) is 46.4 Å². The number of aromatic nitrogens is 3. The fourth-order valence-corrected chi connectivity index (χ4v) is 3.38. The number of nitrogens with one attached hydrogen (secondary N) is 2. The van der Waals surface area contributed by atoms with E-state index in [2.05, 4.69) is 25.8 Å². The van der Waals surface area contributed by atoms with Crippen LogP contribution in [-0.2, 0) is 18.3 Å². The number of hydrogen-bond donors (Lipinski definition) is 2. The van der Waals surface area contributed by atoms with Crippen LogP contribution in [0.3, 0.4) is 0 Å². The number of rotatable bonds is 8. The number of aliphatic imine (C=N–C) groups is 1. The molecule has 1 aliphatic rings. The number of methoxy groups -OCH3 is 1. The smallest absolute Gasteiger partial charge is 0.191 e. The second kappa shape index (κ2) is 12.1. The number of hydrogen-bond acceptors (Lipinski definition) is 5. The highest BCUT2D eigenvalue weighted by molar-refractivity contribution is 14.0. The van der Waals surface area contributed by atoms with E-state index in [0.717, 1.165) is 24.5 Å². The predicted octanol–water partition coefficient (Wildman–Crippen LogP) is 2.37. The number of halogens is 3. The molecule has 2 N–H and O–H groups in total. The van der Waals surface area contributed by atoms with Gasteiger partial charge in [0.15, 0.2) is 11.8 Å². The SMILES string of the molecule is COCCCNC(=NCc1nnc(C)n1C)NC1CCN(c2c(F)cccc2F)C1.I. The van der Waals surface area contributed by atoms with Crippen molar-refractivity contribution in [1.82, 2.24) is 25.4 Å². The lowest BCUT2D eigenvalue weighted by atomic mass is 10.2. The largest absolute Gasteiger partial charge is 0.385 e. The molecule has 2 aromatic rings. The summed E-state index contributed by atoms with van der Waals surface area (Å²) in [7, 11) is 3.57. The molecule has 0 spiro atoms. The molecule has 31 heavy (non-hydrogen) atoms. The van der Waals surface area contributed by atoms with Crippen molar-refractivity contribution in [2.75, 3.05) is 38.3 Å². The number of para-hydroxylation sites is 1. The standard InChI is InChI=1S/C20H29F2N7O.HI/c1-14-26-27-18(28(14)2)12-24-20(23-9-5-11-30-3)25-15-8-10-29(13-15)19-16(21)6-4-7-17(19)22;/h4,6-7,15H,5,8-13H2,1-3H3,(H2,23,24,25);1H. The third kappa shape index (κ3) is 6.73. The van der Waals surface area contributed by atoms with Crippen LogP contribution in [0.2, 0.25) is 0 Å². The molecule has 0 bridgehead atoms. The Kier molecular flexibility index (Phi) is 9.88. The molecule has 11 heteroatoms. The first-order valence-electron chi connectivity index (χ1n) is 10.1. The van der Waals surface area contributed by atoms with E-state index in [4.69, 9.17) is 4.74 Å². The molecule has 1 aromatic carbocycles. The zero-order valence-corrected chi connectivity index (χ0v) is 20.4. The summed E-state index contributed by atoms with van der Waals surface area (Å²) in [6.45, 7) is 4.64. The van der Waals surface area contributed by atoms with Crippen LogP contribution in [0.25, 0.3) is 0 Å². The van der Waals surface area contributed by atoms with Crippen molar-refractivity contribution in [2.45, 2.75) is 32.4 Å². The van der Waals surface area contributed by atoms with Gasteiger partial charge in [0.25, 0.3) is 0 Å². The molecule has 1 aromatic heterocycles. The summed E-state index contributed by atoms with van der Waals surface area (Å²) in [5.41, 5.74) is 0.0305. The van der Waals surface area contributed by atoms with Crippen molar-refractivity contribution < 1.29 is 13.5 Å². The normalized spacial score (nSPS) is 16.4. The molecule has 1 unspecified atom stereocenters. The van der Waals surface area contributed by atoms with Crippen molar-refractivity contribution in [3.8, 4) is 0 Å². The second-order valence-electron chi connectivity index (χ2n) is 7.31. The van der Waals surface area contributed by atoms with Crippen LogP contribution >= 0.6 is 24.0 Å². The quantitative estimate of drug-likeness (QED) is 0.228. The summed E-state index contributed by atoms with van der Waals surface area (Å²) in [5.74, 6) is 1.13. The van der Waals surface area contributed by atoms with Gasteiger partial charge < -0.3 is 24.8 Å². The second-order valence-corrected chi connectivity index (χ2v) is 7.31. The van der Waals surface area contributed by atoms with Gasteiger partial charge in [0.05, 0.1) is 0 Å². The molecule has 3 rings (SSSR count). The lowest BCUT2D eigenvalue weighted by molar-refractivity contribution is 0.195. The van der Waals surface area contributed by atoms with E-state index in [1.807, 2.05) is 18.5 Å². The number of aryl methyl sites for hydroxylation is 1. The minimum Gasteiger partial charge on any atom is -0.385 e.